The first kappa shape index (κ1) is 19.6. The van der Waals surface area contributed by atoms with Gasteiger partial charge < -0.3 is 10.6 Å². The van der Waals surface area contributed by atoms with Crippen LogP contribution in [0.25, 0.3) is 5.69 Å². The van der Waals surface area contributed by atoms with Crippen molar-refractivity contribution < 1.29 is 9.59 Å². The summed E-state index contributed by atoms with van der Waals surface area (Å²) in [6.45, 7) is 5.22. The molecule has 1 atom stereocenters. The van der Waals surface area contributed by atoms with Crippen LogP contribution in [0.3, 0.4) is 0 Å². The molecule has 1 heterocycles. The molecule has 3 aromatic rings. The van der Waals surface area contributed by atoms with Gasteiger partial charge in [-0.3, -0.25) is 9.59 Å². The number of carbonyl (C=O) groups excluding carboxylic acids is 2. The predicted octanol–water partition coefficient (Wildman–Crippen LogP) is 3.05. The van der Waals surface area contributed by atoms with Crippen molar-refractivity contribution >= 4 is 35.0 Å². The molecule has 1 aromatic heterocycles. The van der Waals surface area contributed by atoms with Gasteiger partial charge in [0.2, 0.25) is 17.0 Å². The average molecular weight is 396 g/mol. The van der Waals surface area contributed by atoms with Crippen LogP contribution in [0.15, 0.2) is 53.7 Å². The van der Waals surface area contributed by atoms with Crippen molar-refractivity contribution in [2.24, 2.45) is 0 Å². The van der Waals surface area contributed by atoms with Gasteiger partial charge in [0.15, 0.2) is 0 Å². The number of nitrogens with zero attached hydrogens (tertiary/aromatic N) is 4. The zero-order chi connectivity index (χ0) is 20.1. The second-order valence-electron chi connectivity index (χ2n) is 6.17. The first-order valence-corrected chi connectivity index (χ1v) is 9.51. The van der Waals surface area contributed by atoms with E-state index in [1.54, 1.807) is 35.9 Å². The van der Waals surface area contributed by atoms with E-state index in [9.17, 15) is 9.59 Å². The molecule has 8 nitrogen and oxygen atoms in total. The molecule has 0 spiro atoms. The number of benzene rings is 2. The molecule has 0 bridgehead atoms. The van der Waals surface area contributed by atoms with Gasteiger partial charge in [0.25, 0.3) is 0 Å². The van der Waals surface area contributed by atoms with Gasteiger partial charge >= 0.3 is 0 Å². The van der Waals surface area contributed by atoms with Crippen molar-refractivity contribution in [3.63, 3.8) is 0 Å². The number of para-hydroxylation sites is 1. The Balaban J connectivity index is 1.66. The van der Waals surface area contributed by atoms with Crippen LogP contribution in [-0.2, 0) is 9.59 Å². The number of thioether (sulfide) groups is 1. The summed E-state index contributed by atoms with van der Waals surface area (Å²) in [4.78, 5) is 23.6. The first-order chi connectivity index (χ1) is 13.4. The lowest BCUT2D eigenvalue weighted by atomic mass is 10.2. The Bertz CT molecular complexity index is 986. The number of amides is 2. The smallest absolute Gasteiger partial charge is 0.237 e. The number of anilines is 2. The number of carbonyl (C=O) groups is 2. The molecule has 0 fully saturated rings. The minimum atomic E-state index is -0.413. The van der Waals surface area contributed by atoms with Gasteiger partial charge in [-0.15, -0.1) is 5.10 Å². The summed E-state index contributed by atoms with van der Waals surface area (Å²) in [6.07, 6.45) is 0. The topological polar surface area (TPSA) is 102 Å². The molecule has 0 saturated heterocycles. The molecule has 0 aliphatic heterocycles. The van der Waals surface area contributed by atoms with E-state index in [1.807, 2.05) is 31.2 Å². The summed E-state index contributed by atoms with van der Waals surface area (Å²) in [5.74, 6) is -0.315. The lowest BCUT2D eigenvalue weighted by Gasteiger charge is -2.13. The van der Waals surface area contributed by atoms with E-state index in [-0.39, 0.29) is 11.8 Å². The average Bonchev–Trinajstić information content (AvgIpc) is 3.11. The third-order valence-electron chi connectivity index (χ3n) is 3.91. The standard InChI is InChI=1S/C19H20N6O2S/c1-12-6-4-5-7-17(12)25-19(22-23-24-25)28-13(2)18(27)21-16-10-8-15(9-11-16)20-14(3)26/h4-11,13H,1-3H3,(H,20,26)(H,21,27). The Hall–Kier alpha value is -3.20. The largest absolute Gasteiger partial charge is 0.326 e. The van der Waals surface area contributed by atoms with Gasteiger partial charge in [-0.25, -0.2) is 0 Å². The molecular weight excluding hydrogens is 376 g/mol. The van der Waals surface area contributed by atoms with Crippen molar-refractivity contribution in [3.8, 4) is 5.69 Å². The molecule has 1 unspecified atom stereocenters. The fraction of sp³-hybridized carbons (Fsp3) is 0.211. The van der Waals surface area contributed by atoms with Crippen molar-refractivity contribution in [2.75, 3.05) is 10.6 Å². The molecule has 0 aliphatic rings. The van der Waals surface area contributed by atoms with Crippen molar-refractivity contribution in [3.05, 3.63) is 54.1 Å². The Morgan fingerprint density at radius 1 is 1.04 bits per heavy atom. The molecule has 2 N–H and O–H groups in total. The van der Waals surface area contributed by atoms with Gasteiger partial charge in [0.05, 0.1) is 10.9 Å². The van der Waals surface area contributed by atoms with Crippen molar-refractivity contribution in [2.45, 2.75) is 31.2 Å². The molecule has 144 valence electrons. The van der Waals surface area contributed by atoms with Crippen LogP contribution in [0.5, 0.6) is 0 Å². The lowest BCUT2D eigenvalue weighted by Crippen LogP contribution is -2.23. The Morgan fingerprint density at radius 2 is 1.68 bits per heavy atom. The van der Waals surface area contributed by atoms with Gasteiger partial charge in [0, 0.05) is 18.3 Å². The van der Waals surface area contributed by atoms with E-state index < -0.39 is 5.25 Å². The fourth-order valence-corrected chi connectivity index (χ4v) is 3.30. The lowest BCUT2D eigenvalue weighted by molar-refractivity contribution is -0.115. The minimum absolute atomic E-state index is 0.145. The summed E-state index contributed by atoms with van der Waals surface area (Å²) < 4.78 is 1.63. The van der Waals surface area contributed by atoms with Crippen LogP contribution < -0.4 is 10.6 Å². The number of aryl methyl sites for hydroxylation is 1. The molecule has 28 heavy (non-hydrogen) atoms. The number of hydrogen-bond donors (Lipinski definition) is 2. The maximum absolute atomic E-state index is 12.5. The van der Waals surface area contributed by atoms with E-state index in [4.69, 9.17) is 0 Å². The van der Waals surface area contributed by atoms with E-state index in [0.29, 0.717) is 16.5 Å². The molecule has 0 radical (unpaired) electrons. The number of nitrogens with one attached hydrogen (secondary N) is 2. The summed E-state index contributed by atoms with van der Waals surface area (Å²) in [5.41, 5.74) is 3.22. The molecule has 2 amide bonds. The van der Waals surface area contributed by atoms with Crippen LogP contribution in [0.2, 0.25) is 0 Å². The Morgan fingerprint density at radius 3 is 2.32 bits per heavy atom. The molecule has 9 heteroatoms. The van der Waals surface area contributed by atoms with Gasteiger partial charge in [-0.2, -0.15) is 4.68 Å². The van der Waals surface area contributed by atoms with Gasteiger partial charge in [0.1, 0.15) is 0 Å². The highest BCUT2D eigenvalue weighted by molar-refractivity contribution is 8.00. The number of rotatable bonds is 6. The van der Waals surface area contributed by atoms with Crippen molar-refractivity contribution in [1.29, 1.82) is 0 Å². The monoisotopic (exact) mass is 396 g/mol. The zero-order valence-electron chi connectivity index (χ0n) is 15.7. The molecule has 0 aliphatic carbocycles. The summed E-state index contributed by atoms with van der Waals surface area (Å²) in [5, 5.41) is 17.5. The highest BCUT2D eigenvalue weighted by Gasteiger charge is 2.20. The third-order valence-corrected chi connectivity index (χ3v) is 4.94. The number of tetrazole rings is 1. The van der Waals surface area contributed by atoms with E-state index in [2.05, 4.69) is 26.2 Å². The van der Waals surface area contributed by atoms with Crippen LogP contribution >= 0.6 is 11.8 Å². The van der Waals surface area contributed by atoms with Gasteiger partial charge in [-0.05, 0) is 60.2 Å². The highest BCUT2D eigenvalue weighted by atomic mass is 32.2. The Labute approximate surface area is 166 Å². The van der Waals surface area contributed by atoms with Crippen LogP contribution in [0.1, 0.15) is 19.4 Å². The zero-order valence-corrected chi connectivity index (χ0v) is 16.5. The normalized spacial score (nSPS) is 11.7. The Kier molecular flexibility index (Phi) is 6.05. The SMILES string of the molecule is CC(=O)Nc1ccc(NC(=O)C(C)Sc2nnnn2-c2ccccc2C)cc1. The minimum Gasteiger partial charge on any atom is -0.326 e. The second kappa shape index (κ2) is 8.66. The van der Waals surface area contributed by atoms with Gasteiger partial charge in [-0.1, -0.05) is 30.0 Å². The van der Waals surface area contributed by atoms with E-state index in [1.165, 1.54) is 18.7 Å². The van der Waals surface area contributed by atoms with E-state index >= 15 is 0 Å². The van der Waals surface area contributed by atoms with Crippen LogP contribution in [0.4, 0.5) is 11.4 Å². The number of hydrogen-bond acceptors (Lipinski definition) is 6. The fourth-order valence-electron chi connectivity index (χ4n) is 2.50. The maximum Gasteiger partial charge on any atom is 0.237 e. The third kappa shape index (κ3) is 4.74. The summed E-state index contributed by atoms with van der Waals surface area (Å²) in [6, 6.07) is 14.7. The van der Waals surface area contributed by atoms with E-state index in [0.717, 1.165) is 11.3 Å². The summed E-state index contributed by atoms with van der Waals surface area (Å²) in [7, 11) is 0. The second-order valence-corrected chi connectivity index (χ2v) is 7.48. The predicted molar refractivity (Wildman–Crippen MR) is 109 cm³/mol. The molecule has 3 rings (SSSR count). The molecule has 0 saturated carbocycles. The maximum atomic E-state index is 12.5. The quantitative estimate of drug-likeness (QED) is 0.621. The first-order valence-electron chi connectivity index (χ1n) is 8.63. The van der Waals surface area contributed by atoms with Crippen molar-refractivity contribution in [1.82, 2.24) is 20.2 Å². The van der Waals surface area contributed by atoms with Crippen LogP contribution in [0, 0.1) is 6.92 Å². The summed E-state index contributed by atoms with van der Waals surface area (Å²) >= 11 is 1.28. The molecule has 2 aromatic carbocycles. The number of aromatic nitrogens is 4. The van der Waals surface area contributed by atoms with Crippen LogP contribution in [-0.4, -0.2) is 37.3 Å². The highest BCUT2D eigenvalue weighted by Crippen LogP contribution is 2.25. The molecular formula is C19H20N6O2S.